The average molecular weight is 322 g/mol. The Hall–Kier alpha value is -1.09. The third-order valence-electron chi connectivity index (χ3n) is 4.00. The molecule has 1 aromatic rings. The monoisotopic (exact) mass is 321 g/mol. The molecular formula is C14H16BrN3O. The van der Waals surface area contributed by atoms with Crippen molar-refractivity contribution in [3.63, 3.8) is 0 Å². The summed E-state index contributed by atoms with van der Waals surface area (Å²) in [6, 6.07) is 8.59. The van der Waals surface area contributed by atoms with Gasteiger partial charge < -0.3 is 9.64 Å². The number of benzene rings is 1. The minimum Gasteiger partial charge on any atom is -0.373 e. The zero-order valence-corrected chi connectivity index (χ0v) is 12.4. The summed E-state index contributed by atoms with van der Waals surface area (Å²) >= 11 is 3.41. The van der Waals surface area contributed by atoms with Crippen LogP contribution in [0, 0.1) is 11.3 Å². The Balaban J connectivity index is 1.87. The number of hydrogen-bond donors (Lipinski definition) is 0. The Labute approximate surface area is 121 Å². The Bertz CT molecular complexity index is 528. The summed E-state index contributed by atoms with van der Waals surface area (Å²) in [7, 11) is 2.15. The number of ether oxygens (including phenoxy) is 1. The Morgan fingerprint density at radius 1 is 1.42 bits per heavy atom. The highest BCUT2D eigenvalue weighted by Crippen LogP contribution is 2.30. The molecule has 0 unspecified atom stereocenters. The van der Waals surface area contributed by atoms with Gasteiger partial charge in [-0.1, -0.05) is 15.9 Å². The van der Waals surface area contributed by atoms with Gasteiger partial charge in [-0.15, -0.1) is 0 Å². The molecule has 0 bridgehead atoms. The second kappa shape index (κ2) is 5.12. The van der Waals surface area contributed by atoms with E-state index in [1.54, 1.807) is 0 Å². The maximum Gasteiger partial charge on any atom is 0.101 e. The molecule has 0 N–H and O–H groups in total. The lowest BCUT2D eigenvalue weighted by Gasteiger charge is -2.33. The van der Waals surface area contributed by atoms with Gasteiger partial charge in [0.05, 0.1) is 30.0 Å². The van der Waals surface area contributed by atoms with E-state index < -0.39 is 0 Å². The van der Waals surface area contributed by atoms with Crippen molar-refractivity contribution in [1.82, 2.24) is 4.90 Å². The van der Waals surface area contributed by atoms with Crippen molar-refractivity contribution >= 4 is 21.6 Å². The number of hydrogen-bond acceptors (Lipinski definition) is 4. The fourth-order valence-electron chi connectivity index (χ4n) is 2.93. The van der Waals surface area contributed by atoms with E-state index in [4.69, 9.17) is 4.74 Å². The molecule has 0 saturated carbocycles. The van der Waals surface area contributed by atoms with E-state index in [2.05, 4.69) is 38.8 Å². The van der Waals surface area contributed by atoms with Gasteiger partial charge >= 0.3 is 0 Å². The highest BCUT2D eigenvalue weighted by Gasteiger charge is 2.39. The molecule has 19 heavy (non-hydrogen) atoms. The van der Waals surface area contributed by atoms with E-state index >= 15 is 0 Å². The topological polar surface area (TPSA) is 39.5 Å². The van der Waals surface area contributed by atoms with E-state index in [9.17, 15) is 5.26 Å². The first-order valence-corrected chi connectivity index (χ1v) is 7.25. The first-order valence-electron chi connectivity index (χ1n) is 6.45. The van der Waals surface area contributed by atoms with Gasteiger partial charge in [-0.05, 0) is 25.2 Å². The molecule has 0 aliphatic carbocycles. The summed E-state index contributed by atoms with van der Waals surface area (Å²) < 4.78 is 6.79. The normalized spacial score (nSPS) is 27.1. The van der Waals surface area contributed by atoms with E-state index in [-0.39, 0.29) is 6.10 Å². The van der Waals surface area contributed by atoms with Crippen LogP contribution in [0.15, 0.2) is 22.7 Å². The molecule has 0 radical (unpaired) electrons. The molecule has 5 heteroatoms. The third kappa shape index (κ3) is 2.36. The van der Waals surface area contributed by atoms with Crippen molar-refractivity contribution in [2.75, 3.05) is 38.2 Å². The number of rotatable bonds is 1. The predicted octanol–water partition coefficient (Wildman–Crippen LogP) is 1.84. The highest BCUT2D eigenvalue weighted by atomic mass is 79.9. The van der Waals surface area contributed by atoms with Gasteiger partial charge in [0.1, 0.15) is 6.07 Å². The maximum absolute atomic E-state index is 9.27. The van der Waals surface area contributed by atoms with Crippen molar-refractivity contribution in [3.05, 3.63) is 28.2 Å². The molecular weight excluding hydrogens is 306 g/mol. The number of nitriles is 1. The van der Waals surface area contributed by atoms with Gasteiger partial charge in [-0.2, -0.15) is 5.26 Å². The summed E-state index contributed by atoms with van der Waals surface area (Å²) in [5.41, 5.74) is 1.73. The van der Waals surface area contributed by atoms with E-state index in [1.807, 2.05) is 18.2 Å². The van der Waals surface area contributed by atoms with Crippen LogP contribution in [0.3, 0.4) is 0 Å². The maximum atomic E-state index is 9.27. The highest BCUT2D eigenvalue weighted by molar-refractivity contribution is 9.10. The lowest BCUT2D eigenvalue weighted by atomic mass is 10.1. The fourth-order valence-corrected chi connectivity index (χ4v) is 3.29. The van der Waals surface area contributed by atoms with E-state index in [0.29, 0.717) is 6.04 Å². The van der Waals surface area contributed by atoms with Crippen molar-refractivity contribution in [2.24, 2.45) is 0 Å². The van der Waals surface area contributed by atoms with Crippen LogP contribution < -0.4 is 4.90 Å². The third-order valence-corrected chi connectivity index (χ3v) is 4.49. The van der Waals surface area contributed by atoms with E-state index in [0.717, 1.165) is 42.0 Å². The van der Waals surface area contributed by atoms with Crippen LogP contribution >= 0.6 is 15.9 Å². The lowest BCUT2D eigenvalue weighted by Crippen LogP contribution is -2.48. The van der Waals surface area contributed by atoms with Gasteiger partial charge in [0.2, 0.25) is 0 Å². The number of likely N-dealkylation sites (N-methyl/N-ethyl adjacent to an activating group) is 1. The standard InChI is InChI=1S/C14H16BrN3O/c1-17-4-5-19-14-9-18(8-13(14)17)12-3-2-11(15)6-10(12)7-16/h2-3,6,13-14H,4-5,8-9H2,1H3/t13-,14-/m1/s1. The number of morpholine rings is 1. The predicted molar refractivity (Wildman–Crippen MR) is 77.2 cm³/mol. The summed E-state index contributed by atoms with van der Waals surface area (Å²) in [5, 5.41) is 9.27. The molecule has 2 atom stereocenters. The first-order chi connectivity index (χ1) is 9.19. The quantitative estimate of drug-likeness (QED) is 0.791. The molecule has 2 heterocycles. The lowest BCUT2D eigenvalue weighted by molar-refractivity contribution is -0.0362. The number of halogens is 1. The summed E-state index contributed by atoms with van der Waals surface area (Å²) in [6.45, 7) is 3.58. The second-order valence-corrected chi connectivity index (χ2v) is 6.05. The molecule has 3 rings (SSSR count). The number of fused-ring (bicyclic) bond motifs is 1. The van der Waals surface area contributed by atoms with Crippen LogP contribution in [0.25, 0.3) is 0 Å². The number of anilines is 1. The zero-order valence-electron chi connectivity index (χ0n) is 10.8. The van der Waals surface area contributed by atoms with Crippen molar-refractivity contribution in [2.45, 2.75) is 12.1 Å². The molecule has 1 aromatic carbocycles. The average Bonchev–Trinajstić information content (AvgIpc) is 2.83. The molecule has 0 aromatic heterocycles. The smallest absolute Gasteiger partial charge is 0.101 e. The van der Waals surface area contributed by atoms with Crippen molar-refractivity contribution < 1.29 is 4.74 Å². The molecule has 0 amide bonds. The van der Waals surface area contributed by atoms with E-state index in [1.165, 1.54) is 0 Å². The van der Waals surface area contributed by atoms with Gasteiger partial charge in [0.25, 0.3) is 0 Å². The second-order valence-electron chi connectivity index (χ2n) is 5.14. The van der Waals surface area contributed by atoms with Crippen LogP contribution in [0.2, 0.25) is 0 Å². The Kier molecular flexibility index (Phi) is 3.48. The van der Waals surface area contributed by atoms with Crippen LogP contribution in [-0.4, -0.2) is 50.3 Å². The summed E-state index contributed by atoms with van der Waals surface area (Å²) in [4.78, 5) is 4.63. The molecule has 2 fully saturated rings. The number of nitrogens with zero attached hydrogens (tertiary/aromatic N) is 3. The molecule has 0 spiro atoms. The minimum atomic E-state index is 0.258. The van der Waals surface area contributed by atoms with Gasteiger partial charge in [0.15, 0.2) is 0 Å². The van der Waals surface area contributed by atoms with Gasteiger partial charge in [0, 0.05) is 24.1 Å². The molecule has 2 aliphatic rings. The van der Waals surface area contributed by atoms with Crippen LogP contribution in [-0.2, 0) is 4.74 Å². The molecule has 100 valence electrons. The molecule has 2 saturated heterocycles. The van der Waals surface area contributed by atoms with Crippen LogP contribution in [0.4, 0.5) is 5.69 Å². The minimum absolute atomic E-state index is 0.258. The Morgan fingerprint density at radius 2 is 2.26 bits per heavy atom. The summed E-state index contributed by atoms with van der Waals surface area (Å²) in [6.07, 6.45) is 0.258. The van der Waals surface area contributed by atoms with Gasteiger partial charge in [-0.3, -0.25) is 4.90 Å². The molecule has 4 nitrogen and oxygen atoms in total. The zero-order chi connectivity index (χ0) is 13.4. The molecule has 2 aliphatic heterocycles. The summed E-state index contributed by atoms with van der Waals surface area (Å²) in [5.74, 6) is 0. The van der Waals surface area contributed by atoms with Gasteiger partial charge in [-0.25, -0.2) is 0 Å². The Morgan fingerprint density at radius 3 is 3.00 bits per heavy atom. The SMILES string of the molecule is CN1CCO[C@@H]2CN(c3ccc(Br)cc3C#N)C[C@H]21. The largest absolute Gasteiger partial charge is 0.373 e. The van der Waals surface area contributed by atoms with Crippen molar-refractivity contribution in [1.29, 1.82) is 5.26 Å². The fraction of sp³-hybridized carbons (Fsp3) is 0.500. The first kappa shape index (κ1) is 12.9. The van der Waals surface area contributed by atoms with Crippen molar-refractivity contribution in [3.8, 4) is 6.07 Å². The van der Waals surface area contributed by atoms with Crippen LogP contribution in [0.5, 0.6) is 0 Å². The van der Waals surface area contributed by atoms with Crippen LogP contribution in [0.1, 0.15) is 5.56 Å².